The summed E-state index contributed by atoms with van der Waals surface area (Å²) in [6, 6.07) is 14.3. The number of nitrogens with one attached hydrogen (secondary N) is 2. The molecule has 3 atom stereocenters. The number of fused-ring (bicyclic) bond motifs is 4. The highest BCUT2D eigenvalue weighted by atomic mass is 19.1. The standard InChI is InChI=1S/C23H24FN3O2/c24-16-9-7-15(8-10-16)11-12-25-21(28)19-14-17-4-3-13-27(17)23(19)18-5-1-2-6-20(18)26-22(23)29/h1-2,5-10,17,19H,3-4,11-14H2,(H,25,28)(H,26,29)/t17-,19+,23+/m1/s1. The summed E-state index contributed by atoms with van der Waals surface area (Å²) in [6.07, 6.45) is 3.41. The van der Waals surface area contributed by atoms with E-state index in [4.69, 9.17) is 0 Å². The van der Waals surface area contributed by atoms with Gasteiger partial charge in [-0.2, -0.15) is 0 Å². The van der Waals surface area contributed by atoms with Crippen LogP contribution in [-0.4, -0.2) is 35.8 Å². The van der Waals surface area contributed by atoms with Crippen molar-refractivity contribution >= 4 is 17.5 Å². The molecule has 1 spiro atoms. The summed E-state index contributed by atoms with van der Waals surface area (Å²) in [5, 5.41) is 6.06. The minimum Gasteiger partial charge on any atom is -0.355 e. The van der Waals surface area contributed by atoms with Gasteiger partial charge in [0.05, 0.1) is 5.92 Å². The zero-order valence-electron chi connectivity index (χ0n) is 16.2. The van der Waals surface area contributed by atoms with Gasteiger partial charge < -0.3 is 10.6 Å². The third-order valence-corrected chi connectivity index (χ3v) is 6.72. The molecule has 5 nitrogen and oxygen atoms in total. The van der Waals surface area contributed by atoms with Gasteiger partial charge >= 0.3 is 0 Å². The predicted octanol–water partition coefficient (Wildman–Crippen LogP) is 2.82. The maximum absolute atomic E-state index is 13.3. The highest BCUT2D eigenvalue weighted by Gasteiger charge is 2.65. The lowest BCUT2D eigenvalue weighted by Crippen LogP contribution is -2.54. The number of anilines is 1. The van der Waals surface area contributed by atoms with E-state index in [1.807, 2.05) is 24.3 Å². The summed E-state index contributed by atoms with van der Waals surface area (Å²) in [5.41, 5.74) is 1.80. The largest absolute Gasteiger partial charge is 0.355 e. The van der Waals surface area contributed by atoms with Crippen LogP contribution in [0.15, 0.2) is 48.5 Å². The summed E-state index contributed by atoms with van der Waals surface area (Å²) >= 11 is 0. The van der Waals surface area contributed by atoms with Crippen LogP contribution in [0.5, 0.6) is 0 Å². The van der Waals surface area contributed by atoms with E-state index < -0.39 is 11.5 Å². The molecule has 2 amide bonds. The third kappa shape index (κ3) is 2.77. The molecule has 5 rings (SSSR count). The Morgan fingerprint density at radius 3 is 2.83 bits per heavy atom. The van der Waals surface area contributed by atoms with E-state index in [2.05, 4.69) is 15.5 Å². The summed E-state index contributed by atoms with van der Waals surface area (Å²) in [4.78, 5) is 28.8. The van der Waals surface area contributed by atoms with Gasteiger partial charge in [-0.15, -0.1) is 0 Å². The number of hydrogen-bond acceptors (Lipinski definition) is 3. The molecule has 150 valence electrons. The third-order valence-electron chi connectivity index (χ3n) is 6.72. The van der Waals surface area contributed by atoms with Crippen molar-refractivity contribution in [2.24, 2.45) is 5.92 Å². The average Bonchev–Trinajstić information content (AvgIpc) is 3.38. The molecule has 0 unspecified atom stereocenters. The lowest BCUT2D eigenvalue weighted by atomic mass is 9.78. The molecular weight excluding hydrogens is 369 g/mol. The maximum atomic E-state index is 13.3. The highest BCUT2D eigenvalue weighted by molar-refractivity contribution is 6.09. The molecule has 0 saturated carbocycles. The number of carbonyl (C=O) groups excluding carboxylic acids is 2. The van der Waals surface area contributed by atoms with Crippen LogP contribution in [0.25, 0.3) is 0 Å². The Labute approximate surface area is 169 Å². The van der Waals surface area contributed by atoms with Crippen molar-refractivity contribution in [3.05, 3.63) is 65.5 Å². The second-order valence-corrected chi connectivity index (χ2v) is 8.21. The lowest BCUT2D eigenvalue weighted by molar-refractivity contribution is -0.137. The summed E-state index contributed by atoms with van der Waals surface area (Å²) in [5.74, 6) is -0.836. The van der Waals surface area contributed by atoms with E-state index in [9.17, 15) is 14.0 Å². The first-order valence-corrected chi connectivity index (χ1v) is 10.3. The van der Waals surface area contributed by atoms with E-state index in [1.165, 1.54) is 12.1 Å². The van der Waals surface area contributed by atoms with Crippen LogP contribution < -0.4 is 10.6 Å². The fourth-order valence-electron chi connectivity index (χ4n) is 5.48. The number of para-hydroxylation sites is 1. The van der Waals surface area contributed by atoms with Crippen LogP contribution in [0.4, 0.5) is 10.1 Å². The van der Waals surface area contributed by atoms with Crippen molar-refractivity contribution in [2.45, 2.75) is 37.3 Å². The molecule has 3 aliphatic heterocycles. The van der Waals surface area contributed by atoms with Gasteiger partial charge in [0, 0.05) is 23.8 Å². The number of hydrogen-bond donors (Lipinski definition) is 2. The van der Waals surface area contributed by atoms with Crippen LogP contribution in [0.2, 0.25) is 0 Å². The van der Waals surface area contributed by atoms with E-state index in [0.29, 0.717) is 19.4 Å². The van der Waals surface area contributed by atoms with Crippen molar-refractivity contribution in [3.8, 4) is 0 Å². The summed E-state index contributed by atoms with van der Waals surface area (Å²) in [7, 11) is 0. The molecule has 2 N–H and O–H groups in total. The van der Waals surface area contributed by atoms with E-state index >= 15 is 0 Å². The van der Waals surface area contributed by atoms with Gasteiger partial charge in [0.15, 0.2) is 0 Å². The van der Waals surface area contributed by atoms with Crippen LogP contribution >= 0.6 is 0 Å². The van der Waals surface area contributed by atoms with Crippen molar-refractivity contribution in [2.75, 3.05) is 18.4 Å². The van der Waals surface area contributed by atoms with Crippen molar-refractivity contribution in [1.29, 1.82) is 0 Å². The molecule has 2 saturated heterocycles. The molecule has 0 aromatic heterocycles. The quantitative estimate of drug-likeness (QED) is 0.840. The Hall–Kier alpha value is -2.73. The van der Waals surface area contributed by atoms with Gasteiger partial charge in [-0.25, -0.2) is 4.39 Å². The van der Waals surface area contributed by atoms with Gasteiger partial charge in [-0.05, 0) is 56.0 Å². The van der Waals surface area contributed by atoms with E-state index in [-0.39, 0.29) is 23.7 Å². The van der Waals surface area contributed by atoms with E-state index in [0.717, 1.165) is 36.2 Å². The van der Waals surface area contributed by atoms with Crippen LogP contribution in [-0.2, 0) is 21.5 Å². The SMILES string of the molecule is O=C(NCCc1ccc(F)cc1)[C@@H]1C[C@H]2CCCN2[C@]12C(=O)Nc1ccccc12. The van der Waals surface area contributed by atoms with Gasteiger partial charge in [-0.1, -0.05) is 30.3 Å². The Balaban J connectivity index is 1.39. The Morgan fingerprint density at radius 2 is 2.00 bits per heavy atom. The Kier molecular flexibility index (Phi) is 4.39. The van der Waals surface area contributed by atoms with Crippen molar-refractivity contribution < 1.29 is 14.0 Å². The van der Waals surface area contributed by atoms with Gasteiger partial charge in [0.25, 0.3) is 0 Å². The molecule has 2 fully saturated rings. The zero-order valence-corrected chi connectivity index (χ0v) is 16.2. The molecular formula is C23H24FN3O2. The normalized spacial score (nSPS) is 27.7. The summed E-state index contributed by atoms with van der Waals surface area (Å²) < 4.78 is 13.1. The van der Waals surface area contributed by atoms with Crippen molar-refractivity contribution in [3.63, 3.8) is 0 Å². The average molecular weight is 393 g/mol. The number of carbonyl (C=O) groups is 2. The predicted molar refractivity (Wildman–Crippen MR) is 108 cm³/mol. The molecule has 0 radical (unpaired) electrons. The van der Waals surface area contributed by atoms with Gasteiger partial charge in [0.2, 0.25) is 11.8 Å². The molecule has 2 aromatic carbocycles. The minimum atomic E-state index is -0.905. The van der Waals surface area contributed by atoms with Crippen LogP contribution in [0, 0.1) is 11.7 Å². The number of nitrogens with zero attached hydrogens (tertiary/aromatic N) is 1. The monoisotopic (exact) mass is 393 g/mol. The highest BCUT2D eigenvalue weighted by Crippen LogP contribution is 2.55. The molecule has 3 aliphatic rings. The lowest BCUT2D eigenvalue weighted by Gasteiger charge is -2.36. The summed E-state index contributed by atoms with van der Waals surface area (Å²) in [6.45, 7) is 1.30. The molecule has 3 heterocycles. The first-order valence-electron chi connectivity index (χ1n) is 10.3. The first-order chi connectivity index (χ1) is 14.1. The zero-order chi connectivity index (χ0) is 20.0. The van der Waals surface area contributed by atoms with E-state index in [1.54, 1.807) is 12.1 Å². The number of amides is 2. The molecule has 6 heteroatoms. The molecule has 0 bridgehead atoms. The number of rotatable bonds is 4. The van der Waals surface area contributed by atoms with Gasteiger partial charge in [0.1, 0.15) is 11.4 Å². The fourth-order valence-corrected chi connectivity index (χ4v) is 5.48. The Morgan fingerprint density at radius 1 is 1.21 bits per heavy atom. The molecule has 2 aromatic rings. The minimum absolute atomic E-state index is 0.0756. The maximum Gasteiger partial charge on any atom is 0.250 e. The van der Waals surface area contributed by atoms with Crippen LogP contribution in [0.3, 0.4) is 0 Å². The molecule has 0 aliphatic carbocycles. The Bertz CT molecular complexity index is 961. The number of halogens is 1. The topological polar surface area (TPSA) is 61.4 Å². The van der Waals surface area contributed by atoms with Crippen molar-refractivity contribution in [1.82, 2.24) is 10.2 Å². The van der Waals surface area contributed by atoms with Gasteiger partial charge in [-0.3, -0.25) is 14.5 Å². The fraction of sp³-hybridized carbons (Fsp3) is 0.391. The second-order valence-electron chi connectivity index (χ2n) is 8.21. The number of benzene rings is 2. The smallest absolute Gasteiger partial charge is 0.250 e. The molecule has 29 heavy (non-hydrogen) atoms. The van der Waals surface area contributed by atoms with Crippen LogP contribution in [0.1, 0.15) is 30.4 Å². The first kappa shape index (κ1) is 18.3. The second kappa shape index (κ2) is 6.95.